The van der Waals surface area contributed by atoms with E-state index in [0.717, 1.165) is 33.4 Å². The molecule has 4 aromatic carbocycles. The maximum atomic E-state index is 14.0. The number of nitrogens with zero attached hydrogens (tertiary/aromatic N) is 2. The number of carboxylic acids is 1. The van der Waals surface area contributed by atoms with E-state index in [1.807, 2.05) is 96.9 Å². The van der Waals surface area contributed by atoms with E-state index in [1.165, 1.54) is 4.90 Å². The molecule has 1 atom stereocenters. The Bertz CT molecular complexity index is 1530. The number of rotatable bonds is 13. The van der Waals surface area contributed by atoms with Crippen LogP contribution in [0.3, 0.4) is 0 Å². The van der Waals surface area contributed by atoms with E-state index in [4.69, 9.17) is 4.74 Å². The number of alkyl carbamates (subject to hydrolysis) is 1. The Balaban J connectivity index is 1.32. The summed E-state index contributed by atoms with van der Waals surface area (Å²) in [6, 6.07) is 34.5. The Morgan fingerprint density at radius 1 is 0.773 bits per heavy atom. The lowest BCUT2D eigenvalue weighted by molar-refractivity contribution is -0.139. The molecule has 2 N–H and O–H groups in total. The number of ether oxygens (including phenoxy) is 1. The number of carbonyl (C=O) groups excluding carboxylic acids is 2. The van der Waals surface area contributed by atoms with Crippen molar-refractivity contribution in [3.8, 4) is 11.1 Å². The maximum Gasteiger partial charge on any atom is 0.407 e. The van der Waals surface area contributed by atoms with Crippen LogP contribution in [0, 0.1) is 0 Å². The summed E-state index contributed by atoms with van der Waals surface area (Å²) in [5.74, 6) is -1.49. The zero-order valence-corrected chi connectivity index (χ0v) is 24.8. The average molecular weight is 592 g/mol. The monoisotopic (exact) mass is 591 g/mol. The molecule has 0 fully saturated rings. The van der Waals surface area contributed by atoms with Gasteiger partial charge >= 0.3 is 12.1 Å². The van der Waals surface area contributed by atoms with Crippen LogP contribution < -0.4 is 5.32 Å². The summed E-state index contributed by atoms with van der Waals surface area (Å²) in [6.45, 7) is 1.11. The minimum atomic E-state index is -1.00. The first-order valence-corrected chi connectivity index (χ1v) is 14.8. The second-order valence-electron chi connectivity index (χ2n) is 11.1. The van der Waals surface area contributed by atoms with Crippen molar-refractivity contribution >= 4 is 18.0 Å². The number of benzene rings is 4. The molecule has 0 aromatic heterocycles. The summed E-state index contributed by atoms with van der Waals surface area (Å²) in [6.07, 6.45) is -0.910. The van der Waals surface area contributed by atoms with Gasteiger partial charge in [-0.3, -0.25) is 14.5 Å². The van der Waals surface area contributed by atoms with E-state index in [-0.39, 0.29) is 44.5 Å². The number of aliphatic carboxylic acids is 1. The van der Waals surface area contributed by atoms with Gasteiger partial charge in [0, 0.05) is 32.1 Å². The van der Waals surface area contributed by atoms with Crippen molar-refractivity contribution < 1.29 is 24.2 Å². The average Bonchev–Trinajstić information content (AvgIpc) is 3.36. The predicted molar refractivity (Wildman–Crippen MR) is 169 cm³/mol. The number of hydrogen-bond acceptors (Lipinski definition) is 5. The Morgan fingerprint density at radius 3 is 1.86 bits per heavy atom. The van der Waals surface area contributed by atoms with Gasteiger partial charge in [-0.1, -0.05) is 109 Å². The molecule has 226 valence electrons. The summed E-state index contributed by atoms with van der Waals surface area (Å²) in [5, 5.41) is 12.2. The van der Waals surface area contributed by atoms with Crippen molar-refractivity contribution in [2.45, 2.75) is 31.5 Å². The van der Waals surface area contributed by atoms with Gasteiger partial charge in [0.15, 0.2) is 0 Å². The third-order valence-corrected chi connectivity index (χ3v) is 7.85. The van der Waals surface area contributed by atoms with Crippen molar-refractivity contribution in [2.24, 2.45) is 0 Å². The van der Waals surface area contributed by atoms with Crippen molar-refractivity contribution in [3.05, 3.63) is 131 Å². The summed E-state index contributed by atoms with van der Waals surface area (Å²) in [5.41, 5.74) is 6.38. The van der Waals surface area contributed by atoms with Crippen molar-refractivity contribution in [1.29, 1.82) is 0 Å². The van der Waals surface area contributed by atoms with Crippen LogP contribution in [0.25, 0.3) is 11.1 Å². The minimum absolute atomic E-state index is 0.00826. The molecule has 0 spiro atoms. The highest BCUT2D eigenvalue weighted by Gasteiger charge is 2.31. The molecule has 5 rings (SSSR count). The van der Waals surface area contributed by atoms with E-state index in [1.54, 1.807) is 0 Å². The van der Waals surface area contributed by atoms with Gasteiger partial charge in [-0.2, -0.15) is 0 Å². The molecule has 0 bridgehead atoms. The topological polar surface area (TPSA) is 99.2 Å². The number of amides is 2. The predicted octanol–water partition coefficient (Wildman–Crippen LogP) is 5.53. The molecular formula is C36H37N3O5. The fourth-order valence-electron chi connectivity index (χ4n) is 5.76. The van der Waals surface area contributed by atoms with Gasteiger partial charge in [-0.15, -0.1) is 0 Å². The van der Waals surface area contributed by atoms with Gasteiger partial charge in [0.2, 0.25) is 5.91 Å². The number of carbonyl (C=O) groups is 3. The van der Waals surface area contributed by atoms with E-state index in [2.05, 4.69) is 29.6 Å². The highest BCUT2D eigenvalue weighted by Crippen LogP contribution is 2.44. The van der Waals surface area contributed by atoms with E-state index < -0.39 is 18.1 Å². The van der Waals surface area contributed by atoms with Crippen LogP contribution in [0.4, 0.5) is 4.79 Å². The fourth-order valence-corrected chi connectivity index (χ4v) is 5.76. The molecule has 1 unspecified atom stereocenters. The number of hydrogen-bond donors (Lipinski definition) is 2. The van der Waals surface area contributed by atoms with Crippen LogP contribution in [0.2, 0.25) is 0 Å². The van der Waals surface area contributed by atoms with Gasteiger partial charge < -0.3 is 20.1 Å². The Hall–Kier alpha value is -4.95. The van der Waals surface area contributed by atoms with Gasteiger partial charge in [0.1, 0.15) is 12.6 Å². The minimum Gasteiger partial charge on any atom is -0.481 e. The quantitative estimate of drug-likeness (QED) is 0.212. The molecule has 8 nitrogen and oxygen atoms in total. The van der Waals surface area contributed by atoms with Gasteiger partial charge in [-0.05, 0) is 40.4 Å². The number of fused-ring (bicyclic) bond motifs is 3. The lowest BCUT2D eigenvalue weighted by Gasteiger charge is -2.30. The highest BCUT2D eigenvalue weighted by atomic mass is 16.5. The molecule has 0 saturated carbocycles. The maximum absolute atomic E-state index is 14.0. The number of carboxylic acid groups (broad SMARTS) is 1. The van der Waals surface area contributed by atoms with Crippen LogP contribution in [0.15, 0.2) is 109 Å². The second-order valence-corrected chi connectivity index (χ2v) is 11.1. The molecule has 2 amide bonds. The lowest BCUT2D eigenvalue weighted by Crippen LogP contribution is -2.53. The summed E-state index contributed by atoms with van der Waals surface area (Å²) < 4.78 is 5.78. The molecule has 0 aliphatic heterocycles. The van der Waals surface area contributed by atoms with Crippen molar-refractivity contribution in [1.82, 2.24) is 15.1 Å². The largest absolute Gasteiger partial charge is 0.481 e. The van der Waals surface area contributed by atoms with E-state index in [0.29, 0.717) is 6.54 Å². The SMILES string of the molecule is CN(Cc1ccccc1)CC(NC(=O)OCC1c2ccccc2-c2ccccc21)C(=O)N(CCC(=O)O)Cc1ccccc1. The van der Waals surface area contributed by atoms with Gasteiger partial charge in [-0.25, -0.2) is 4.79 Å². The highest BCUT2D eigenvalue weighted by molar-refractivity contribution is 5.86. The van der Waals surface area contributed by atoms with Gasteiger partial charge in [0.25, 0.3) is 0 Å². The molecule has 44 heavy (non-hydrogen) atoms. The molecule has 1 aliphatic rings. The fraction of sp³-hybridized carbons (Fsp3) is 0.250. The summed E-state index contributed by atoms with van der Waals surface area (Å²) in [4.78, 5) is 42.2. The van der Waals surface area contributed by atoms with Crippen LogP contribution >= 0.6 is 0 Å². The molecular weight excluding hydrogens is 554 g/mol. The zero-order valence-electron chi connectivity index (χ0n) is 24.8. The molecule has 0 heterocycles. The second kappa shape index (κ2) is 14.5. The number of nitrogens with one attached hydrogen (secondary N) is 1. The lowest BCUT2D eigenvalue weighted by atomic mass is 9.98. The zero-order chi connectivity index (χ0) is 30.9. The third-order valence-electron chi connectivity index (χ3n) is 7.85. The first-order valence-electron chi connectivity index (χ1n) is 14.8. The first-order chi connectivity index (χ1) is 21.4. The van der Waals surface area contributed by atoms with E-state index in [9.17, 15) is 19.5 Å². The van der Waals surface area contributed by atoms with Gasteiger partial charge in [0.05, 0.1) is 6.42 Å². The van der Waals surface area contributed by atoms with Crippen LogP contribution in [0.5, 0.6) is 0 Å². The standard InChI is InChI=1S/C36H37N3O5/c1-38(22-26-12-4-2-5-13-26)24-33(35(42)39(21-20-34(40)41)23-27-14-6-3-7-15-27)37-36(43)44-25-32-30-18-10-8-16-28(30)29-17-9-11-19-31(29)32/h2-19,32-33H,20-25H2,1H3,(H,37,43)(H,40,41). The summed E-state index contributed by atoms with van der Waals surface area (Å²) >= 11 is 0. The normalized spacial score (nSPS) is 12.7. The van der Waals surface area contributed by atoms with Crippen LogP contribution in [-0.4, -0.2) is 65.7 Å². The Morgan fingerprint density at radius 2 is 1.30 bits per heavy atom. The van der Waals surface area contributed by atoms with Crippen LogP contribution in [0.1, 0.15) is 34.6 Å². The molecule has 1 aliphatic carbocycles. The first kappa shape index (κ1) is 30.5. The number of likely N-dealkylation sites (N-methyl/N-ethyl adjacent to an activating group) is 1. The van der Waals surface area contributed by atoms with E-state index >= 15 is 0 Å². The summed E-state index contributed by atoms with van der Waals surface area (Å²) in [7, 11) is 1.88. The molecule has 0 saturated heterocycles. The van der Waals surface area contributed by atoms with Crippen molar-refractivity contribution in [2.75, 3.05) is 26.7 Å². The van der Waals surface area contributed by atoms with Crippen molar-refractivity contribution in [3.63, 3.8) is 0 Å². The van der Waals surface area contributed by atoms with Crippen LogP contribution in [-0.2, 0) is 27.4 Å². The molecule has 8 heteroatoms. The third kappa shape index (κ3) is 7.71. The molecule has 0 radical (unpaired) electrons. The molecule has 4 aromatic rings. The Kier molecular flexibility index (Phi) is 10.0. The smallest absolute Gasteiger partial charge is 0.407 e. The Labute approximate surface area is 257 Å².